The number of aromatic nitrogens is 2. The second-order valence-electron chi connectivity index (χ2n) is 7.79. The van der Waals surface area contributed by atoms with E-state index in [-0.39, 0.29) is 5.91 Å². The molecule has 2 aromatic heterocycles. The van der Waals surface area contributed by atoms with Crippen molar-refractivity contribution in [1.29, 1.82) is 0 Å². The standard InChI is InChI=1S/C21H30N4O2/c1-17-5-4-9-25-19(16-22-21(17)25)15-20(26)24-8-3-2-6-18(24)7-10-23-11-13-27-14-12-23/h4-5,9,16,18H,2-3,6-8,10-15H2,1H3/t18-/m1/s1. The lowest BCUT2D eigenvalue weighted by molar-refractivity contribution is -0.134. The molecule has 6 nitrogen and oxygen atoms in total. The van der Waals surface area contributed by atoms with Crippen LogP contribution < -0.4 is 0 Å². The average molecular weight is 370 g/mol. The van der Waals surface area contributed by atoms with E-state index in [2.05, 4.69) is 32.2 Å². The molecule has 2 aromatic rings. The fourth-order valence-electron chi connectivity index (χ4n) is 4.37. The molecule has 0 bridgehead atoms. The van der Waals surface area contributed by atoms with Crippen molar-refractivity contribution < 1.29 is 9.53 Å². The number of ether oxygens (including phenoxy) is 1. The molecule has 2 fully saturated rings. The van der Waals surface area contributed by atoms with E-state index in [9.17, 15) is 4.79 Å². The highest BCUT2D eigenvalue weighted by molar-refractivity contribution is 5.79. The monoisotopic (exact) mass is 370 g/mol. The van der Waals surface area contributed by atoms with E-state index in [4.69, 9.17) is 4.74 Å². The molecule has 4 heterocycles. The highest BCUT2D eigenvalue weighted by Crippen LogP contribution is 2.22. The summed E-state index contributed by atoms with van der Waals surface area (Å²) >= 11 is 0. The second-order valence-corrected chi connectivity index (χ2v) is 7.79. The van der Waals surface area contributed by atoms with Gasteiger partial charge in [-0.3, -0.25) is 9.69 Å². The van der Waals surface area contributed by atoms with Crippen LogP contribution in [0.25, 0.3) is 5.65 Å². The number of amides is 1. The number of likely N-dealkylation sites (tertiary alicyclic amines) is 1. The van der Waals surface area contributed by atoms with Crippen molar-refractivity contribution >= 4 is 11.6 Å². The molecule has 2 aliphatic heterocycles. The zero-order chi connectivity index (χ0) is 18.6. The molecule has 6 heteroatoms. The molecule has 27 heavy (non-hydrogen) atoms. The van der Waals surface area contributed by atoms with Gasteiger partial charge < -0.3 is 14.0 Å². The Balaban J connectivity index is 1.41. The topological polar surface area (TPSA) is 50.1 Å². The van der Waals surface area contributed by atoms with Crippen LogP contribution in [0.5, 0.6) is 0 Å². The van der Waals surface area contributed by atoms with E-state index in [0.717, 1.165) is 75.6 Å². The van der Waals surface area contributed by atoms with E-state index in [0.29, 0.717) is 12.5 Å². The van der Waals surface area contributed by atoms with Gasteiger partial charge in [0.15, 0.2) is 0 Å². The van der Waals surface area contributed by atoms with Gasteiger partial charge in [0.25, 0.3) is 0 Å². The van der Waals surface area contributed by atoms with E-state index in [1.807, 2.05) is 18.5 Å². The molecule has 0 spiro atoms. The summed E-state index contributed by atoms with van der Waals surface area (Å²) in [5, 5.41) is 0. The summed E-state index contributed by atoms with van der Waals surface area (Å²) in [5.74, 6) is 0.241. The third-order valence-electron chi connectivity index (χ3n) is 5.97. The maximum atomic E-state index is 13.1. The van der Waals surface area contributed by atoms with Crippen molar-refractivity contribution in [1.82, 2.24) is 19.2 Å². The third kappa shape index (κ3) is 4.17. The molecule has 2 saturated heterocycles. The first-order valence-electron chi connectivity index (χ1n) is 10.2. The Morgan fingerprint density at radius 1 is 1.26 bits per heavy atom. The number of hydrogen-bond donors (Lipinski definition) is 0. The number of carbonyl (C=O) groups is 1. The first-order valence-corrected chi connectivity index (χ1v) is 10.2. The fraction of sp³-hybridized carbons (Fsp3) is 0.619. The van der Waals surface area contributed by atoms with Gasteiger partial charge >= 0.3 is 0 Å². The maximum Gasteiger partial charge on any atom is 0.228 e. The summed E-state index contributed by atoms with van der Waals surface area (Å²) in [5.41, 5.74) is 3.07. The number of piperidine rings is 1. The molecule has 0 N–H and O–H groups in total. The summed E-state index contributed by atoms with van der Waals surface area (Å²) in [4.78, 5) is 22.2. The SMILES string of the molecule is Cc1cccn2c(CC(=O)N3CCCC[C@@H]3CCN3CCOCC3)cnc12. The zero-order valence-electron chi connectivity index (χ0n) is 16.3. The fourth-order valence-corrected chi connectivity index (χ4v) is 4.37. The number of carbonyl (C=O) groups excluding carboxylic acids is 1. The molecule has 2 aliphatic rings. The molecular formula is C21H30N4O2. The molecule has 0 saturated carbocycles. The summed E-state index contributed by atoms with van der Waals surface area (Å²) < 4.78 is 7.49. The van der Waals surface area contributed by atoms with Gasteiger partial charge in [-0.05, 0) is 44.2 Å². The highest BCUT2D eigenvalue weighted by Gasteiger charge is 2.27. The Bertz CT molecular complexity index is 782. The first-order chi connectivity index (χ1) is 13.2. The summed E-state index contributed by atoms with van der Waals surface area (Å²) in [7, 11) is 0. The van der Waals surface area contributed by atoms with Crippen LogP contribution in [-0.2, 0) is 16.0 Å². The minimum Gasteiger partial charge on any atom is -0.379 e. The maximum absolute atomic E-state index is 13.1. The van der Waals surface area contributed by atoms with E-state index in [1.165, 1.54) is 6.42 Å². The average Bonchev–Trinajstić information content (AvgIpc) is 3.11. The lowest BCUT2D eigenvalue weighted by Crippen LogP contribution is -2.47. The predicted octanol–water partition coefficient (Wildman–Crippen LogP) is 2.29. The minimum absolute atomic E-state index is 0.241. The summed E-state index contributed by atoms with van der Waals surface area (Å²) in [6, 6.07) is 4.44. The predicted molar refractivity (Wildman–Crippen MR) is 105 cm³/mol. The van der Waals surface area contributed by atoms with Crippen LogP contribution in [0.4, 0.5) is 0 Å². The van der Waals surface area contributed by atoms with Gasteiger partial charge in [0.1, 0.15) is 5.65 Å². The molecular weight excluding hydrogens is 340 g/mol. The van der Waals surface area contributed by atoms with Gasteiger partial charge in [-0.25, -0.2) is 4.98 Å². The quantitative estimate of drug-likeness (QED) is 0.810. The molecule has 0 aliphatic carbocycles. The van der Waals surface area contributed by atoms with Crippen molar-refractivity contribution in [3.8, 4) is 0 Å². The van der Waals surface area contributed by atoms with Gasteiger partial charge in [0.05, 0.1) is 25.3 Å². The molecule has 0 unspecified atom stereocenters. The van der Waals surface area contributed by atoms with E-state index >= 15 is 0 Å². The van der Waals surface area contributed by atoms with Gasteiger partial charge in [-0.2, -0.15) is 0 Å². The van der Waals surface area contributed by atoms with Gasteiger partial charge in [-0.15, -0.1) is 0 Å². The molecule has 0 radical (unpaired) electrons. The summed E-state index contributed by atoms with van der Waals surface area (Å²) in [6.07, 6.45) is 8.83. The van der Waals surface area contributed by atoms with Crippen molar-refractivity contribution in [2.75, 3.05) is 39.4 Å². The number of aryl methyl sites for hydroxylation is 1. The smallest absolute Gasteiger partial charge is 0.228 e. The van der Waals surface area contributed by atoms with Crippen LogP contribution in [0.3, 0.4) is 0 Å². The second kappa shape index (κ2) is 8.40. The largest absolute Gasteiger partial charge is 0.379 e. The lowest BCUT2D eigenvalue weighted by Gasteiger charge is -2.37. The van der Waals surface area contributed by atoms with Gasteiger partial charge in [0, 0.05) is 44.6 Å². The van der Waals surface area contributed by atoms with Gasteiger partial charge in [0.2, 0.25) is 5.91 Å². The number of hydrogen-bond acceptors (Lipinski definition) is 4. The van der Waals surface area contributed by atoms with Crippen molar-refractivity contribution in [2.24, 2.45) is 0 Å². The normalized spacial score (nSPS) is 21.7. The number of imidazole rings is 1. The van der Waals surface area contributed by atoms with Crippen LogP contribution in [0.15, 0.2) is 24.5 Å². The zero-order valence-corrected chi connectivity index (χ0v) is 16.3. The lowest BCUT2D eigenvalue weighted by atomic mass is 9.98. The summed E-state index contributed by atoms with van der Waals surface area (Å²) in [6.45, 7) is 7.71. The molecule has 0 aromatic carbocycles. The number of nitrogens with zero attached hydrogens (tertiary/aromatic N) is 4. The highest BCUT2D eigenvalue weighted by atomic mass is 16.5. The molecule has 1 amide bonds. The van der Waals surface area contributed by atoms with Crippen LogP contribution in [0, 0.1) is 6.92 Å². The number of fused-ring (bicyclic) bond motifs is 1. The number of rotatable bonds is 5. The first kappa shape index (κ1) is 18.4. The number of morpholine rings is 1. The number of pyridine rings is 1. The van der Waals surface area contributed by atoms with Crippen LogP contribution in [0.1, 0.15) is 36.9 Å². The van der Waals surface area contributed by atoms with Crippen molar-refractivity contribution in [3.63, 3.8) is 0 Å². The Morgan fingerprint density at radius 3 is 2.96 bits per heavy atom. The van der Waals surface area contributed by atoms with Crippen molar-refractivity contribution in [2.45, 2.75) is 45.1 Å². The van der Waals surface area contributed by atoms with E-state index < -0.39 is 0 Å². The molecule has 146 valence electrons. The van der Waals surface area contributed by atoms with Crippen LogP contribution >= 0.6 is 0 Å². The van der Waals surface area contributed by atoms with Crippen LogP contribution in [0.2, 0.25) is 0 Å². The van der Waals surface area contributed by atoms with Crippen LogP contribution in [-0.4, -0.2) is 70.5 Å². The van der Waals surface area contributed by atoms with E-state index in [1.54, 1.807) is 0 Å². The Kier molecular flexibility index (Phi) is 5.74. The van der Waals surface area contributed by atoms with Crippen molar-refractivity contribution in [3.05, 3.63) is 35.8 Å². The Hall–Kier alpha value is -1.92. The molecule has 1 atom stereocenters. The third-order valence-corrected chi connectivity index (χ3v) is 5.97. The Morgan fingerprint density at radius 2 is 2.11 bits per heavy atom. The minimum atomic E-state index is 0.241. The Labute approximate surface area is 161 Å². The molecule has 4 rings (SSSR count). The van der Waals surface area contributed by atoms with Gasteiger partial charge in [-0.1, -0.05) is 6.07 Å².